The molecule has 0 aromatic carbocycles. The molecular formula is C16H29N3. The van der Waals surface area contributed by atoms with Crippen molar-refractivity contribution in [1.82, 2.24) is 9.97 Å². The van der Waals surface area contributed by atoms with Crippen molar-refractivity contribution < 1.29 is 0 Å². The Labute approximate surface area is 118 Å². The molecular weight excluding hydrogens is 234 g/mol. The van der Waals surface area contributed by atoms with Crippen molar-refractivity contribution in [3.05, 3.63) is 18.1 Å². The summed E-state index contributed by atoms with van der Waals surface area (Å²) in [4.78, 5) is 8.59. The van der Waals surface area contributed by atoms with E-state index in [0.29, 0.717) is 11.3 Å². The van der Waals surface area contributed by atoms with Gasteiger partial charge < -0.3 is 5.32 Å². The molecule has 108 valence electrons. The first-order chi connectivity index (χ1) is 8.94. The molecule has 0 aliphatic heterocycles. The molecule has 0 aliphatic carbocycles. The summed E-state index contributed by atoms with van der Waals surface area (Å²) in [6.45, 7) is 12.2. The van der Waals surface area contributed by atoms with Gasteiger partial charge in [0.25, 0.3) is 0 Å². The molecule has 1 aromatic heterocycles. The number of aromatic nitrogens is 2. The van der Waals surface area contributed by atoms with Gasteiger partial charge in [0.15, 0.2) is 0 Å². The SMILES string of the molecule is CCCCCC(C)(C)CNc1cc(C(C)C)ncn1. The molecule has 19 heavy (non-hydrogen) atoms. The Bertz CT molecular complexity index is 372. The molecule has 3 nitrogen and oxygen atoms in total. The van der Waals surface area contributed by atoms with E-state index in [9.17, 15) is 0 Å². The number of anilines is 1. The highest BCUT2D eigenvalue weighted by Gasteiger charge is 2.17. The summed E-state index contributed by atoms with van der Waals surface area (Å²) < 4.78 is 0. The van der Waals surface area contributed by atoms with E-state index in [1.54, 1.807) is 6.33 Å². The number of rotatable bonds is 8. The summed E-state index contributed by atoms with van der Waals surface area (Å²) >= 11 is 0. The molecule has 0 fully saturated rings. The van der Waals surface area contributed by atoms with E-state index < -0.39 is 0 Å². The Hall–Kier alpha value is -1.12. The molecule has 1 rings (SSSR count). The minimum absolute atomic E-state index is 0.318. The number of nitrogens with one attached hydrogen (secondary N) is 1. The van der Waals surface area contributed by atoms with Gasteiger partial charge in [0.1, 0.15) is 12.1 Å². The van der Waals surface area contributed by atoms with E-state index in [1.165, 1.54) is 25.7 Å². The molecule has 3 heteroatoms. The number of hydrogen-bond donors (Lipinski definition) is 1. The average molecular weight is 263 g/mol. The van der Waals surface area contributed by atoms with E-state index in [1.807, 2.05) is 0 Å². The third-order valence-corrected chi connectivity index (χ3v) is 3.48. The summed E-state index contributed by atoms with van der Waals surface area (Å²) in [7, 11) is 0. The van der Waals surface area contributed by atoms with Crippen LogP contribution in [0.4, 0.5) is 5.82 Å². The van der Waals surface area contributed by atoms with Crippen LogP contribution in [-0.4, -0.2) is 16.5 Å². The highest BCUT2D eigenvalue weighted by molar-refractivity contribution is 5.35. The predicted octanol–water partition coefficient (Wildman–Crippen LogP) is 4.62. The fourth-order valence-corrected chi connectivity index (χ4v) is 2.06. The van der Waals surface area contributed by atoms with E-state index in [-0.39, 0.29) is 0 Å². The summed E-state index contributed by atoms with van der Waals surface area (Å²) in [6, 6.07) is 2.06. The molecule has 1 aromatic rings. The molecule has 0 bridgehead atoms. The summed E-state index contributed by atoms with van der Waals surface area (Å²) in [5.41, 5.74) is 1.42. The minimum atomic E-state index is 0.318. The Kier molecular flexibility index (Phi) is 6.26. The molecule has 0 saturated heterocycles. The highest BCUT2D eigenvalue weighted by Crippen LogP contribution is 2.24. The van der Waals surface area contributed by atoms with Crippen LogP contribution in [0.25, 0.3) is 0 Å². The number of hydrogen-bond acceptors (Lipinski definition) is 3. The third-order valence-electron chi connectivity index (χ3n) is 3.48. The van der Waals surface area contributed by atoms with Gasteiger partial charge in [0.2, 0.25) is 0 Å². The lowest BCUT2D eigenvalue weighted by atomic mass is 9.87. The van der Waals surface area contributed by atoms with Crippen LogP contribution < -0.4 is 5.32 Å². The standard InChI is InChI=1S/C16H29N3/c1-6-7-8-9-16(4,5)11-17-15-10-14(13(2)3)18-12-19-15/h10,12-13H,6-9,11H2,1-5H3,(H,17,18,19). The second kappa shape index (κ2) is 7.46. The summed E-state index contributed by atoms with van der Waals surface area (Å²) in [5.74, 6) is 1.39. The first kappa shape index (κ1) is 15.9. The molecule has 0 saturated carbocycles. The van der Waals surface area contributed by atoms with Crippen molar-refractivity contribution in [3.8, 4) is 0 Å². The fraction of sp³-hybridized carbons (Fsp3) is 0.750. The molecule has 1 N–H and O–H groups in total. The molecule has 0 amide bonds. The lowest BCUT2D eigenvalue weighted by Crippen LogP contribution is -2.23. The van der Waals surface area contributed by atoms with Gasteiger partial charge in [-0.3, -0.25) is 0 Å². The Morgan fingerprint density at radius 1 is 1.21 bits per heavy atom. The summed E-state index contributed by atoms with van der Waals surface area (Å²) in [5, 5.41) is 3.46. The topological polar surface area (TPSA) is 37.8 Å². The molecule has 0 atom stereocenters. The second-order valence-electron chi connectivity index (χ2n) is 6.46. The monoisotopic (exact) mass is 263 g/mol. The molecule has 0 unspecified atom stereocenters. The number of nitrogens with zero attached hydrogens (tertiary/aromatic N) is 2. The summed E-state index contributed by atoms with van der Waals surface area (Å²) in [6.07, 6.45) is 6.84. The van der Waals surface area contributed by atoms with Crippen LogP contribution in [0.2, 0.25) is 0 Å². The molecule has 0 aliphatic rings. The lowest BCUT2D eigenvalue weighted by molar-refractivity contribution is 0.342. The maximum atomic E-state index is 4.30. The van der Waals surface area contributed by atoms with Gasteiger partial charge in [-0.1, -0.05) is 53.9 Å². The van der Waals surface area contributed by atoms with Gasteiger partial charge in [0.05, 0.1) is 0 Å². The maximum Gasteiger partial charge on any atom is 0.129 e. The van der Waals surface area contributed by atoms with Crippen LogP contribution in [-0.2, 0) is 0 Å². The fourth-order valence-electron chi connectivity index (χ4n) is 2.06. The zero-order valence-corrected chi connectivity index (χ0v) is 13.2. The normalized spacial score (nSPS) is 11.9. The second-order valence-corrected chi connectivity index (χ2v) is 6.46. The van der Waals surface area contributed by atoms with Crippen LogP contribution in [0.5, 0.6) is 0 Å². The zero-order chi connectivity index (χ0) is 14.3. The van der Waals surface area contributed by atoms with Gasteiger partial charge in [-0.25, -0.2) is 9.97 Å². The minimum Gasteiger partial charge on any atom is -0.369 e. The van der Waals surface area contributed by atoms with Crippen LogP contribution in [0.3, 0.4) is 0 Å². The van der Waals surface area contributed by atoms with Crippen molar-refractivity contribution in [1.29, 1.82) is 0 Å². The van der Waals surface area contributed by atoms with Crippen molar-refractivity contribution in [2.45, 2.75) is 66.2 Å². The van der Waals surface area contributed by atoms with Crippen molar-refractivity contribution in [2.24, 2.45) is 5.41 Å². The Morgan fingerprint density at radius 3 is 2.58 bits per heavy atom. The van der Waals surface area contributed by atoms with Crippen LogP contribution in [0.1, 0.15) is 71.9 Å². The lowest BCUT2D eigenvalue weighted by Gasteiger charge is -2.25. The predicted molar refractivity (Wildman–Crippen MR) is 82.5 cm³/mol. The van der Waals surface area contributed by atoms with Crippen molar-refractivity contribution in [2.75, 3.05) is 11.9 Å². The van der Waals surface area contributed by atoms with Crippen molar-refractivity contribution in [3.63, 3.8) is 0 Å². The van der Waals surface area contributed by atoms with E-state index in [0.717, 1.165) is 18.1 Å². The van der Waals surface area contributed by atoms with E-state index in [2.05, 4.69) is 56.0 Å². The van der Waals surface area contributed by atoms with Gasteiger partial charge in [-0.15, -0.1) is 0 Å². The Morgan fingerprint density at radius 2 is 1.95 bits per heavy atom. The van der Waals surface area contributed by atoms with E-state index in [4.69, 9.17) is 0 Å². The Balaban J connectivity index is 2.49. The first-order valence-corrected chi connectivity index (χ1v) is 7.50. The van der Waals surface area contributed by atoms with Gasteiger partial charge >= 0.3 is 0 Å². The van der Waals surface area contributed by atoms with E-state index >= 15 is 0 Å². The van der Waals surface area contributed by atoms with Gasteiger partial charge in [-0.2, -0.15) is 0 Å². The van der Waals surface area contributed by atoms with Crippen LogP contribution in [0.15, 0.2) is 12.4 Å². The van der Waals surface area contributed by atoms with Gasteiger partial charge in [-0.05, 0) is 17.8 Å². The molecule has 0 spiro atoms. The van der Waals surface area contributed by atoms with Crippen LogP contribution >= 0.6 is 0 Å². The maximum absolute atomic E-state index is 4.30. The first-order valence-electron chi connectivity index (χ1n) is 7.50. The van der Waals surface area contributed by atoms with Gasteiger partial charge in [0, 0.05) is 18.3 Å². The quantitative estimate of drug-likeness (QED) is 0.695. The highest BCUT2D eigenvalue weighted by atomic mass is 15.0. The largest absolute Gasteiger partial charge is 0.369 e. The average Bonchev–Trinajstić information content (AvgIpc) is 2.37. The zero-order valence-electron chi connectivity index (χ0n) is 13.2. The number of unbranched alkanes of at least 4 members (excludes halogenated alkanes) is 2. The third kappa shape index (κ3) is 6.04. The molecule has 0 radical (unpaired) electrons. The molecule has 1 heterocycles. The van der Waals surface area contributed by atoms with Crippen molar-refractivity contribution >= 4 is 5.82 Å². The smallest absolute Gasteiger partial charge is 0.129 e. The van der Waals surface area contributed by atoms with Crippen LogP contribution in [0, 0.1) is 5.41 Å².